The van der Waals surface area contributed by atoms with E-state index in [0.717, 1.165) is 5.56 Å². The SMILES string of the molecule is COCCNS(=O)(=O)c1ccc(CNC(=O)CC#N)cc1. The highest BCUT2D eigenvalue weighted by Gasteiger charge is 2.12. The molecule has 0 atom stereocenters. The van der Waals surface area contributed by atoms with Crippen molar-refractivity contribution in [3.8, 4) is 6.07 Å². The molecule has 0 bridgehead atoms. The first-order valence-corrected chi connectivity index (χ1v) is 7.69. The number of benzene rings is 1. The third-order valence-electron chi connectivity index (χ3n) is 2.56. The molecule has 0 spiro atoms. The Bertz CT molecular complexity index is 605. The van der Waals surface area contributed by atoms with Gasteiger partial charge in [0.15, 0.2) is 0 Å². The number of nitrogens with zero attached hydrogens (tertiary/aromatic N) is 1. The minimum atomic E-state index is -3.55. The van der Waals surface area contributed by atoms with E-state index in [9.17, 15) is 13.2 Å². The van der Waals surface area contributed by atoms with E-state index in [4.69, 9.17) is 10.00 Å². The Morgan fingerprint density at radius 2 is 2.00 bits per heavy atom. The normalized spacial score (nSPS) is 10.9. The van der Waals surface area contributed by atoms with Gasteiger partial charge in [-0.05, 0) is 17.7 Å². The molecule has 0 saturated carbocycles. The molecule has 1 rings (SSSR count). The highest BCUT2D eigenvalue weighted by atomic mass is 32.2. The first-order chi connectivity index (χ1) is 9.99. The van der Waals surface area contributed by atoms with Crippen molar-refractivity contribution in [3.05, 3.63) is 29.8 Å². The second-order valence-electron chi connectivity index (χ2n) is 4.15. The van der Waals surface area contributed by atoms with Crippen molar-refractivity contribution in [2.24, 2.45) is 0 Å². The first kappa shape index (κ1) is 17.1. The van der Waals surface area contributed by atoms with Gasteiger partial charge in [-0.15, -0.1) is 0 Å². The number of ether oxygens (including phenoxy) is 1. The van der Waals surface area contributed by atoms with E-state index < -0.39 is 10.0 Å². The van der Waals surface area contributed by atoms with E-state index in [2.05, 4.69) is 10.0 Å². The lowest BCUT2D eigenvalue weighted by atomic mass is 10.2. The zero-order valence-electron chi connectivity index (χ0n) is 11.6. The Morgan fingerprint density at radius 1 is 1.33 bits per heavy atom. The molecule has 0 unspecified atom stereocenters. The quantitative estimate of drug-likeness (QED) is 0.664. The van der Waals surface area contributed by atoms with Gasteiger partial charge in [-0.3, -0.25) is 4.79 Å². The monoisotopic (exact) mass is 311 g/mol. The summed E-state index contributed by atoms with van der Waals surface area (Å²) in [5, 5.41) is 10.9. The molecule has 0 aliphatic rings. The minimum Gasteiger partial charge on any atom is -0.383 e. The smallest absolute Gasteiger partial charge is 0.240 e. The fourth-order valence-electron chi connectivity index (χ4n) is 1.48. The number of amides is 1. The molecule has 0 radical (unpaired) electrons. The lowest BCUT2D eigenvalue weighted by molar-refractivity contribution is -0.120. The molecule has 2 N–H and O–H groups in total. The van der Waals surface area contributed by atoms with Crippen LogP contribution in [0.2, 0.25) is 0 Å². The maximum atomic E-state index is 11.9. The molecule has 7 nitrogen and oxygen atoms in total. The summed E-state index contributed by atoms with van der Waals surface area (Å²) in [5.74, 6) is -0.365. The molecule has 0 aliphatic carbocycles. The summed E-state index contributed by atoms with van der Waals surface area (Å²) >= 11 is 0. The third kappa shape index (κ3) is 5.91. The van der Waals surface area contributed by atoms with Crippen molar-refractivity contribution in [3.63, 3.8) is 0 Å². The summed E-state index contributed by atoms with van der Waals surface area (Å²) in [6.45, 7) is 0.741. The second kappa shape index (κ2) is 8.36. The van der Waals surface area contributed by atoms with Crippen molar-refractivity contribution < 1.29 is 17.9 Å². The average Bonchev–Trinajstić information content (AvgIpc) is 2.46. The second-order valence-corrected chi connectivity index (χ2v) is 5.91. The van der Waals surface area contributed by atoms with Crippen molar-refractivity contribution >= 4 is 15.9 Å². The number of nitriles is 1. The number of hydrogen-bond donors (Lipinski definition) is 2. The summed E-state index contributed by atoms with van der Waals surface area (Å²) in [4.78, 5) is 11.3. The van der Waals surface area contributed by atoms with E-state index in [-0.39, 0.29) is 30.3 Å². The Labute approximate surface area is 124 Å². The predicted octanol–water partition coefficient (Wildman–Crippen LogP) is 0.141. The number of methoxy groups -OCH3 is 1. The number of hydrogen-bond acceptors (Lipinski definition) is 5. The number of sulfonamides is 1. The maximum Gasteiger partial charge on any atom is 0.240 e. The number of nitrogens with one attached hydrogen (secondary N) is 2. The Kier molecular flexibility index (Phi) is 6.81. The van der Waals surface area contributed by atoms with Gasteiger partial charge in [-0.2, -0.15) is 5.26 Å². The van der Waals surface area contributed by atoms with Crippen LogP contribution in [0, 0.1) is 11.3 Å². The van der Waals surface area contributed by atoms with E-state index >= 15 is 0 Å². The predicted molar refractivity (Wildman–Crippen MR) is 75.6 cm³/mol. The molecule has 1 aromatic rings. The molecule has 0 aliphatic heterocycles. The number of carbonyl (C=O) groups is 1. The van der Waals surface area contributed by atoms with Crippen molar-refractivity contribution in [2.45, 2.75) is 17.9 Å². The zero-order valence-corrected chi connectivity index (χ0v) is 12.4. The molecule has 0 fully saturated rings. The van der Waals surface area contributed by atoms with Crippen LogP contribution in [0.25, 0.3) is 0 Å². The van der Waals surface area contributed by atoms with Crippen LogP contribution in [0.15, 0.2) is 29.2 Å². The van der Waals surface area contributed by atoms with Gasteiger partial charge in [0.1, 0.15) is 6.42 Å². The topological polar surface area (TPSA) is 108 Å². The van der Waals surface area contributed by atoms with Crippen LogP contribution in [0.1, 0.15) is 12.0 Å². The molecule has 114 valence electrons. The van der Waals surface area contributed by atoms with Crippen LogP contribution < -0.4 is 10.0 Å². The molecule has 0 saturated heterocycles. The molecule has 1 aromatic carbocycles. The summed E-state index contributed by atoms with van der Waals surface area (Å²) in [6.07, 6.45) is -0.199. The van der Waals surface area contributed by atoms with Crippen LogP contribution in [0.5, 0.6) is 0 Å². The van der Waals surface area contributed by atoms with E-state index in [1.54, 1.807) is 18.2 Å². The van der Waals surface area contributed by atoms with Gasteiger partial charge in [-0.25, -0.2) is 13.1 Å². The van der Waals surface area contributed by atoms with Crippen molar-refractivity contribution in [1.29, 1.82) is 5.26 Å². The minimum absolute atomic E-state index is 0.144. The third-order valence-corrected chi connectivity index (χ3v) is 4.04. The van der Waals surface area contributed by atoms with Crippen molar-refractivity contribution in [2.75, 3.05) is 20.3 Å². The number of rotatable bonds is 8. The van der Waals surface area contributed by atoms with Gasteiger partial charge >= 0.3 is 0 Å². The van der Waals surface area contributed by atoms with Crippen LogP contribution in [0.4, 0.5) is 0 Å². The molecule has 0 heterocycles. The lowest BCUT2D eigenvalue weighted by Crippen LogP contribution is -2.27. The first-order valence-electron chi connectivity index (χ1n) is 6.21. The summed E-state index contributed by atoms with van der Waals surface area (Å²) in [6, 6.07) is 7.88. The summed E-state index contributed by atoms with van der Waals surface area (Å²) in [5.41, 5.74) is 0.747. The molecule has 1 amide bonds. The molecule has 0 aromatic heterocycles. The Hall–Kier alpha value is -1.95. The van der Waals surface area contributed by atoms with Crippen LogP contribution in [0.3, 0.4) is 0 Å². The maximum absolute atomic E-state index is 11.9. The van der Waals surface area contributed by atoms with E-state index in [1.165, 1.54) is 19.2 Å². The van der Waals surface area contributed by atoms with E-state index in [0.29, 0.717) is 6.61 Å². The Morgan fingerprint density at radius 3 is 2.57 bits per heavy atom. The number of carbonyl (C=O) groups excluding carboxylic acids is 1. The molecule has 8 heteroatoms. The summed E-state index contributed by atoms with van der Waals surface area (Å²) < 4.78 is 31.0. The largest absolute Gasteiger partial charge is 0.383 e. The van der Waals surface area contributed by atoms with Crippen LogP contribution in [-0.4, -0.2) is 34.6 Å². The van der Waals surface area contributed by atoms with Crippen LogP contribution >= 0.6 is 0 Å². The standard InChI is InChI=1S/C13H17N3O4S/c1-20-9-8-16-21(18,19)12-4-2-11(3-5-12)10-15-13(17)6-7-14/h2-5,16H,6,8-10H2,1H3,(H,15,17). The highest BCUT2D eigenvalue weighted by Crippen LogP contribution is 2.10. The molecular weight excluding hydrogens is 294 g/mol. The fourth-order valence-corrected chi connectivity index (χ4v) is 2.50. The molecule has 21 heavy (non-hydrogen) atoms. The summed E-state index contributed by atoms with van der Waals surface area (Å²) in [7, 11) is -2.06. The van der Waals surface area contributed by atoms with Gasteiger partial charge < -0.3 is 10.1 Å². The zero-order chi connectivity index (χ0) is 15.7. The average molecular weight is 311 g/mol. The highest BCUT2D eigenvalue weighted by molar-refractivity contribution is 7.89. The molecular formula is C13H17N3O4S. The van der Waals surface area contributed by atoms with Crippen LogP contribution in [-0.2, 0) is 26.1 Å². The van der Waals surface area contributed by atoms with E-state index in [1.807, 2.05) is 0 Å². The fraction of sp³-hybridized carbons (Fsp3) is 0.385. The van der Waals surface area contributed by atoms with Gasteiger partial charge in [-0.1, -0.05) is 12.1 Å². The van der Waals surface area contributed by atoms with Gasteiger partial charge in [0.25, 0.3) is 0 Å². The Balaban J connectivity index is 2.61. The van der Waals surface area contributed by atoms with Crippen molar-refractivity contribution in [1.82, 2.24) is 10.0 Å². The van der Waals surface area contributed by atoms with Gasteiger partial charge in [0.05, 0.1) is 17.6 Å². The van der Waals surface area contributed by atoms with Gasteiger partial charge in [0, 0.05) is 20.2 Å². The lowest BCUT2D eigenvalue weighted by Gasteiger charge is -2.07. The van der Waals surface area contributed by atoms with Gasteiger partial charge in [0.2, 0.25) is 15.9 Å².